The van der Waals surface area contributed by atoms with Gasteiger partial charge in [0.1, 0.15) is 12.3 Å². The van der Waals surface area contributed by atoms with Crippen molar-refractivity contribution in [2.75, 3.05) is 33.4 Å². The second-order valence-electron chi connectivity index (χ2n) is 5.22. The largest absolute Gasteiger partial charge is 0.483 e. The highest BCUT2D eigenvalue weighted by atomic mass is 16.5. The normalized spacial score (nSPS) is 10.4. The van der Waals surface area contributed by atoms with Crippen molar-refractivity contribution in [2.45, 2.75) is 20.8 Å². The molecule has 0 saturated heterocycles. The van der Waals surface area contributed by atoms with Crippen LogP contribution in [0.3, 0.4) is 0 Å². The van der Waals surface area contributed by atoms with E-state index in [1.54, 1.807) is 0 Å². The molecular formula is C16H23NO5. The van der Waals surface area contributed by atoms with Crippen molar-refractivity contribution in [2.24, 2.45) is 0 Å². The van der Waals surface area contributed by atoms with Crippen LogP contribution >= 0.6 is 0 Å². The third-order valence-corrected chi connectivity index (χ3v) is 3.19. The average Bonchev–Trinajstić information content (AvgIpc) is 2.41. The summed E-state index contributed by atoms with van der Waals surface area (Å²) in [4.78, 5) is 24.2. The monoisotopic (exact) mass is 309 g/mol. The zero-order valence-corrected chi connectivity index (χ0v) is 13.5. The van der Waals surface area contributed by atoms with Crippen LogP contribution in [0.15, 0.2) is 12.1 Å². The maximum Gasteiger partial charge on any atom is 0.323 e. The van der Waals surface area contributed by atoms with E-state index in [9.17, 15) is 9.59 Å². The fourth-order valence-corrected chi connectivity index (χ4v) is 2.28. The van der Waals surface area contributed by atoms with Gasteiger partial charge in [-0.2, -0.15) is 0 Å². The standard InChI is InChI=1S/C16H23NO5/c1-11-7-12(2)16(13(3)8-11)22-10-14(18)17(5-6-21-4)9-15(19)20/h7-8H,5-6,9-10H2,1-4H3,(H,19,20). The average molecular weight is 309 g/mol. The van der Waals surface area contributed by atoms with E-state index in [-0.39, 0.29) is 32.2 Å². The molecule has 0 unspecified atom stereocenters. The number of rotatable bonds is 8. The minimum atomic E-state index is -1.06. The molecule has 1 N–H and O–H groups in total. The molecule has 122 valence electrons. The molecule has 6 nitrogen and oxygen atoms in total. The molecule has 6 heteroatoms. The summed E-state index contributed by atoms with van der Waals surface area (Å²) in [6.07, 6.45) is 0. The minimum Gasteiger partial charge on any atom is -0.483 e. The Balaban J connectivity index is 2.72. The predicted octanol–water partition coefficient (Wildman–Crippen LogP) is 1.55. The third-order valence-electron chi connectivity index (χ3n) is 3.19. The van der Waals surface area contributed by atoms with Crippen LogP contribution in [0.1, 0.15) is 16.7 Å². The van der Waals surface area contributed by atoms with Crippen LogP contribution in [-0.2, 0) is 14.3 Å². The van der Waals surface area contributed by atoms with Crippen LogP contribution in [-0.4, -0.2) is 55.3 Å². The van der Waals surface area contributed by atoms with Crippen LogP contribution < -0.4 is 4.74 Å². The van der Waals surface area contributed by atoms with Crippen LogP contribution in [0.25, 0.3) is 0 Å². The van der Waals surface area contributed by atoms with Gasteiger partial charge in [-0.15, -0.1) is 0 Å². The number of ether oxygens (including phenoxy) is 2. The van der Waals surface area contributed by atoms with E-state index in [1.807, 2.05) is 32.9 Å². The Morgan fingerprint density at radius 2 is 1.77 bits per heavy atom. The molecule has 1 amide bonds. The number of methoxy groups -OCH3 is 1. The van der Waals surface area contributed by atoms with E-state index in [0.717, 1.165) is 16.7 Å². The lowest BCUT2D eigenvalue weighted by Gasteiger charge is -2.21. The minimum absolute atomic E-state index is 0.193. The Bertz CT molecular complexity index is 518. The third kappa shape index (κ3) is 5.37. The molecule has 0 aliphatic heterocycles. The zero-order chi connectivity index (χ0) is 16.7. The number of amides is 1. The Morgan fingerprint density at radius 3 is 2.27 bits per heavy atom. The van der Waals surface area contributed by atoms with Crippen LogP contribution in [0.5, 0.6) is 5.75 Å². The highest BCUT2D eigenvalue weighted by Crippen LogP contribution is 2.24. The van der Waals surface area contributed by atoms with Gasteiger partial charge in [0.25, 0.3) is 5.91 Å². The van der Waals surface area contributed by atoms with Gasteiger partial charge < -0.3 is 19.5 Å². The summed E-state index contributed by atoms with van der Waals surface area (Å²) < 4.78 is 10.5. The number of carboxylic acid groups (broad SMARTS) is 1. The van der Waals surface area contributed by atoms with Crippen molar-refractivity contribution < 1.29 is 24.2 Å². The summed E-state index contributed by atoms with van der Waals surface area (Å²) in [7, 11) is 1.50. The number of hydrogen-bond acceptors (Lipinski definition) is 4. The molecule has 22 heavy (non-hydrogen) atoms. The van der Waals surface area contributed by atoms with Crippen molar-refractivity contribution in [1.82, 2.24) is 4.90 Å². The summed E-state index contributed by atoms with van der Waals surface area (Å²) in [6, 6.07) is 3.96. The number of nitrogens with zero attached hydrogens (tertiary/aromatic N) is 1. The Hall–Kier alpha value is -2.08. The quantitative estimate of drug-likeness (QED) is 0.788. The van der Waals surface area contributed by atoms with E-state index >= 15 is 0 Å². The van der Waals surface area contributed by atoms with E-state index in [2.05, 4.69) is 0 Å². The first-order valence-electron chi connectivity index (χ1n) is 7.04. The predicted molar refractivity (Wildman–Crippen MR) is 82.2 cm³/mol. The molecule has 1 rings (SSSR count). The Labute approximate surface area is 130 Å². The molecule has 0 spiro atoms. The maximum absolute atomic E-state index is 12.1. The molecule has 0 heterocycles. The molecule has 0 aliphatic carbocycles. The molecular weight excluding hydrogens is 286 g/mol. The van der Waals surface area contributed by atoms with Crippen LogP contribution in [0.4, 0.5) is 0 Å². The molecule has 0 aromatic heterocycles. The summed E-state index contributed by atoms with van der Waals surface area (Å²) in [6.45, 7) is 5.77. The number of carboxylic acids is 1. The van der Waals surface area contributed by atoms with E-state index < -0.39 is 5.97 Å². The molecule has 0 fully saturated rings. The fraction of sp³-hybridized carbons (Fsp3) is 0.500. The maximum atomic E-state index is 12.1. The summed E-state index contributed by atoms with van der Waals surface area (Å²) in [5, 5.41) is 8.86. The Kier molecular flexibility index (Phi) is 6.85. The smallest absolute Gasteiger partial charge is 0.323 e. The SMILES string of the molecule is COCCN(CC(=O)O)C(=O)COc1c(C)cc(C)cc1C. The lowest BCUT2D eigenvalue weighted by Crippen LogP contribution is -2.40. The second kappa shape index (κ2) is 8.38. The van der Waals surface area contributed by atoms with Gasteiger partial charge >= 0.3 is 5.97 Å². The fourth-order valence-electron chi connectivity index (χ4n) is 2.28. The van der Waals surface area contributed by atoms with Crippen molar-refractivity contribution in [1.29, 1.82) is 0 Å². The number of hydrogen-bond donors (Lipinski definition) is 1. The van der Waals surface area contributed by atoms with Crippen molar-refractivity contribution in [3.8, 4) is 5.75 Å². The first-order valence-corrected chi connectivity index (χ1v) is 7.04. The first kappa shape index (κ1) is 18.0. The highest BCUT2D eigenvalue weighted by Gasteiger charge is 2.18. The molecule has 1 aromatic carbocycles. The zero-order valence-electron chi connectivity index (χ0n) is 13.5. The van der Waals surface area contributed by atoms with Gasteiger partial charge in [0, 0.05) is 13.7 Å². The second-order valence-corrected chi connectivity index (χ2v) is 5.22. The van der Waals surface area contributed by atoms with E-state index in [0.29, 0.717) is 5.75 Å². The number of aryl methyl sites for hydroxylation is 3. The van der Waals surface area contributed by atoms with Gasteiger partial charge in [-0.25, -0.2) is 0 Å². The molecule has 0 bridgehead atoms. The highest BCUT2D eigenvalue weighted by molar-refractivity contribution is 5.82. The lowest BCUT2D eigenvalue weighted by atomic mass is 10.1. The van der Waals surface area contributed by atoms with E-state index in [1.165, 1.54) is 12.0 Å². The van der Waals surface area contributed by atoms with Gasteiger partial charge in [0.2, 0.25) is 0 Å². The summed E-state index contributed by atoms with van der Waals surface area (Å²) in [5.41, 5.74) is 3.03. The lowest BCUT2D eigenvalue weighted by molar-refractivity contribution is -0.145. The first-order chi connectivity index (χ1) is 10.3. The van der Waals surface area contributed by atoms with Gasteiger partial charge in [0.05, 0.1) is 6.61 Å². The Morgan fingerprint density at radius 1 is 1.18 bits per heavy atom. The van der Waals surface area contributed by atoms with Crippen LogP contribution in [0.2, 0.25) is 0 Å². The van der Waals surface area contributed by atoms with Gasteiger partial charge in [-0.1, -0.05) is 17.7 Å². The van der Waals surface area contributed by atoms with E-state index in [4.69, 9.17) is 14.6 Å². The molecule has 0 aliphatic rings. The van der Waals surface area contributed by atoms with Crippen molar-refractivity contribution >= 4 is 11.9 Å². The molecule has 1 aromatic rings. The van der Waals surface area contributed by atoms with Crippen LogP contribution in [0, 0.1) is 20.8 Å². The van der Waals surface area contributed by atoms with Crippen molar-refractivity contribution in [3.63, 3.8) is 0 Å². The van der Waals surface area contributed by atoms with Gasteiger partial charge in [-0.3, -0.25) is 9.59 Å². The number of carbonyl (C=O) groups is 2. The van der Waals surface area contributed by atoms with Gasteiger partial charge in [0.15, 0.2) is 6.61 Å². The molecule has 0 atom stereocenters. The number of carbonyl (C=O) groups excluding carboxylic acids is 1. The molecule has 0 radical (unpaired) electrons. The molecule has 0 saturated carbocycles. The topological polar surface area (TPSA) is 76.1 Å². The number of aliphatic carboxylic acids is 1. The summed E-state index contributed by atoms with van der Waals surface area (Å²) >= 11 is 0. The number of benzene rings is 1. The van der Waals surface area contributed by atoms with Crippen molar-refractivity contribution in [3.05, 3.63) is 28.8 Å². The summed E-state index contributed by atoms with van der Waals surface area (Å²) in [5.74, 6) is -0.771. The van der Waals surface area contributed by atoms with Gasteiger partial charge in [-0.05, 0) is 31.9 Å².